The number of ether oxygens (including phenoxy) is 1. The fraction of sp³-hybridized carbons (Fsp3) is 0.346. The molecule has 2 aromatic carbocycles. The number of fused-ring (bicyclic) bond motifs is 1. The first-order valence-electron chi connectivity index (χ1n) is 11.8. The standard InChI is InChI=1S/C26H29N5O4S/c1-15-21(24-29-18-8-4-6-10-20(18)36-24)23(31-26(34)12-11-17(14-32)22(26)33)30-25(28-15)27-13-16-7-3-5-9-19(16)35-2/h3-10,17,22,32-34H,11-14H2,1-2H3,(H2,27,28,30,31). The fourth-order valence-electron chi connectivity index (χ4n) is 4.63. The second-order valence-electron chi connectivity index (χ2n) is 8.98. The number of aromatic nitrogens is 3. The first-order chi connectivity index (χ1) is 17.4. The number of hydrogen-bond donors (Lipinski definition) is 5. The van der Waals surface area contributed by atoms with Crippen LogP contribution in [-0.2, 0) is 6.54 Å². The number of aliphatic hydroxyl groups excluding tert-OH is 2. The van der Waals surface area contributed by atoms with E-state index in [0.29, 0.717) is 41.0 Å². The van der Waals surface area contributed by atoms with Gasteiger partial charge in [-0.15, -0.1) is 11.3 Å². The molecule has 188 valence electrons. The molecule has 2 heterocycles. The molecule has 0 radical (unpaired) electrons. The average Bonchev–Trinajstić information content (AvgIpc) is 3.43. The Labute approximate surface area is 212 Å². The van der Waals surface area contributed by atoms with Crippen molar-refractivity contribution < 1.29 is 20.1 Å². The number of para-hydroxylation sites is 2. The van der Waals surface area contributed by atoms with E-state index in [0.717, 1.165) is 21.5 Å². The molecule has 0 amide bonds. The van der Waals surface area contributed by atoms with Crippen LogP contribution in [0.3, 0.4) is 0 Å². The zero-order chi connectivity index (χ0) is 25.3. The summed E-state index contributed by atoms with van der Waals surface area (Å²) in [6, 6.07) is 15.5. The third-order valence-electron chi connectivity index (χ3n) is 6.63. The van der Waals surface area contributed by atoms with Crippen molar-refractivity contribution in [1.82, 2.24) is 15.0 Å². The van der Waals surface area contributed by atoms with Gasteiger partial charge in [-0.1, -0.05) is 30.3 Å². The molecule has 0 aliphatic heterocycles. The Morgan fingerprint density at radius 3 is 2.64 bits per heavy atom. The molecule has 1 saturated carbocycles. The van der Waals surface area contributed by atoms with E-state index < -0.39 is 17.7 Å². The summed E-state index contributed by atoms with van der Waals surface area (Å²) in [7, 11) is 1.63. The van der Waals surface area contributed by atoms with Gasteiger partial charge in [0.1, 0.15) is 22.7 Å². The number of aryl methyl sites for hydroxylation is 1. The minimum Gasteiger partial charge on any atom is -0.496 e. The van der Waals surface area contributed by atoms with Crippen LogP contribution in [0.25, 0.3) is 20.8 Å². The molecule has 9 nitrogen and oxygen atoms in total. The smallest absolute Gasteiger partial charge is 0.225 e. The van der Waals surface area contributed by atoms with E-state index >= 15 is 0 Å². The second kappa shape index (κ2) is 9.98. The van der Waals surface area contributed by atoms with Crippen molar-refractivity contribution in [2.75, 3.05) is 24.4 Å². The number of nitrogens with one attached hydrogen (secondary N) is 2. The SMILES string of the molecule is COc1ccccc1CNc1nc(C)c(-c2nc3ccccc3s2)c(NC2(O)CCC(CO)C2O)n1. The van der Waals surface area contributed by atoms with Gasteiger partial charge in [0, 0.05) is 24.6 Å². The Morgan fingerprint density at radius 2 is 1.89 bits per heavy atom. The highest BCUT2D eigenvalue weighted by molar-refractivity contribution is 7.21. The molecular formula is C26H29N5O4S. The predicted octanol–water partition coefficient (Wildman–Crippen LogP) is 3.55. The third-order valence-corrected chi connectivity index (χ3v) is 7.68. The fourth-order valence-corrected chi connectivity index (χ4v) is 5.70. The van der Waals surface area contributed by atoms with Gasteiger partial charge in [-0.3, -0.25) is 0 Å². The maximum absolute atomic E-state index is 11.3. The molecule has 1 aliphatic rings. The summed E-state index contributed by atoms with van der Waals surface area (Å²) in [5.41, 5.74) is 1.50. The van der Waals surface area contributed by atoms with Gasteiger partial charge in [-0.2, -0.15) is 4.98 Å². The van der Waals surface area contributed by atoms with E-state index in [4.69, 9.17) is 14.7 Å². The molecule has 3 unspecified atom stereocenters. The summed E-state index contributed by atoms with van der Waals surface area (Å²) in [6.45, 7) is 2.10. The van der Waals surface area contributed by atoms with E-state index in [1.54, 1.807) is 7.11 Å². The van der Waals surface area contributed by atoms with Gasteiger partial charge in [0.05, 0.1) is 28.6 Å². The summed E-state index contributed by atoms with van der Waals surface area (Å²) in [4.78, 5) is 14.2. The van der Waals surface area contributed by atoms with Gasteiger partial charge in [-0.05, 0) is 38.0 Å². The van der Waals surface area contributed by atoms with Crippen LogP contribution in [0.1, 0.15) is 24.1 Å². The van der Waals surface area contributed by atoms with Gasteiger partial charge >= 0.3 is 0 Å². The van der Waals surface area contributed by atoms with Crippen LogP contribution in [0.4, 0.5) is 11.8 Å². The Hall–Kier alpha value is -3.31. The number of benzene rings is 2. The summed E-state index contributed by atoms with van der Waals surface area (Å²) in [5, 5.41) is 38.7. The van der Waals surface area contributed by atoms with E-state index in [1.807, 2.05) is 55.5 Å². The van der Waals surface area contributed by atoms with Gasteiger partial charge < -0.3 is 30.7 Å². The largest absolute Gasteiger partial charge is 0.496 e. The highest BCUT2D eigenvalue weighted by atomic mass is 32.1. The van der Waals surface area contributed by atoms with Crippen LogP contribution in [0.5, 0.6) is 5.75 Å². The molecule has 1 aliphatic carbocycles. The third kappa shape index (κ3) is 4.60. The van der Waals surface area contributed by atoms with Crippen LogP contribution in [-0.4, -0.2) is 55.8 Å². The highest BCUT2D eigenvalue weighted by Crippen LogP contribution is 2.40. The molecule has 0 saturated heterocycles. The molecular weight excluding hydrogens is 478 g/mol. The van der Waals surface area contributed by atoms with Gasteiger partial charge in [0.15, 0.2) is 5.72 Å². The minimum atomic E-state index is -1.64. The monoisotopic (exact) mass is 507 g/mol. The van der Waals surface area contributed by atoms with E-state index in [2.05, 4.69) is 15.6 Å². The second-order valence-corrected chi connectivity index (χ2v) is 10.0. The summed E-state index contributed by atoms with van der Waals surface area (Å²) in [6.07, 6.45) is -0.391. The van der Waals surface area contributed by atoms with Crippen molar-refractivity contribution in [3.63, 3.8) is 0 Å². The maximum atomic E-state index is 11.3. The molecule has 5 rings (SSSR count). The lowest BCUT2D eigenvalue weighted by molar-refractivity contribution is -0.0545. The number of anilines is 2. The maximum Gasteiger partial charge on any atom is 0.225 e. The molecule has 3 atom stereocenters. The van der Waals surface area contributed by atoms with E-state index in [-0.39, 0.29) is 13.0 Å². The number of thiazole rings is 1. The number of aliphatic hydroxyl groups is 3. The zero-order valence-electron chi connectivity index (χ0n) is 20.1. The van der Waals surface area contributed by atoms with Crippen molar-refractivity contribution in [2.45, 2.75) is 38.1 Å². The Morgan fingerprint density at radius 1 is 1.11 bits per heavy atom. The van der Waals surface area contributed by atoms with Crippen LogP contribution in [0.2, 0.25) is 0 Å². The topological polar surface area (TPSA) is 133 Å². The highest BCUT2D eigenvalue weighted by Gasteiger charge is 2.47. The van der Waals surface area contributed by atoms with Crippen molar-refractivity contribution >= 4 is 33.3 Å². The molecule has 2 aromatic heterocycles. The Kier molecular flexibility index (Phi) is 6.76. The number of hydrogen-bond acceptors (Lipinski definition) is 10. The lowest BCUT2D eigenvalue weighted by atomic mass is 10.0. The summed E-state index contributed by atoms with van der Waals surface area (Å²) < 4.78 is 6.46. The molecule has 0 spiro atoms. The van der Waals surface area contributed by atoms with Crippen molar-refractivity contribution in [2.24, 2.45) is 5.92 Å². The number of nitrogens with zero attached hydrogens (tertiary/aromatic N) is 3. The minimum absolute atomic E-state index is 0.204. The van der Waals surface area contributed by atoms with Crippen LogP contribution in [0.15, 0.2) is 48.5 Å². The summed E-state index contributed by atoms with van der Waals surface area (Å²) in [5.74, 6) is 1.06. The molecule has 5 N–H and O–H groups in total. The predicted molar refractivity (Wildman–Crippen MR) is 140 cm³/mol. The van der Waals surface area contributed by atoms with Gasteiger partial charge in [0.25, 0.3) is 0 Å². The van der Waals surface area contributed by atoms with Crippen LogP contribution < -0.4 is 15.4 Å². The Bertz CT molecular complexity index is 1350. The van der Waals surface area contributed by atoms with Gasteiger partial charge in [-0.25, -0.2) is 9.97 Å². The van der Waals surface area contributed by atoms with Crippen molar-refractivity contribution in [1.29, 1.82) is 0 Å². The molecule has 10 heteroatoms. The quantitative estimate of drug-likeness (QED) is 0.227. The number of methoxy groups -OCH3 is 1. The molecule has 4 aromatic rings. The molecule has 0 bridgehead atoms. The lowest BCUT2D eigenvalue weighted by Crippen LogP contribution is -2.48. The van der Waals surface area contributed by atoms with Gasteiger partial charge in [0.2, 0.25) is 5.95 Å². The van der Waals surface area contributed by atoms with E-state index in [1.165, 1.54) is 11.3 Å². The normalized spacial score (nSPS) is 21.6. The van der Waals surface area contributed by atoms with Crippen LogP contribution >= 0.6 is 11.3 Å². The van der Waals surface area contributed by atoms with Crippen molar-refractivity contribution in [3.05, 3.63) is 59.8 Å². The molecule has 1 fully saturated rings. The zero-order valence-corrected chi connectivity index (χ0v) is 20.9. The van der Waals surface area contributed by atoms with E-state index in [9.17, 15) is 15.3 Å². The molecule has 36 heavy (non-hydrogen) atoms. The lowest BCUT2D eigenvalue weighted by Gasteiger charge is -2.31. The summed E-state index contributed by atoms with van der Waals surface area (Å²) >= 11 is 1.51. The first kappa shape index (κ1) is 24.4. The average molecular weight is 508 g/mol. The Balaban J connectivity index is 1.53. The van der Waals surface area contributed by atoms with Crippen molar-refractivity contribution in [3.8, 4) is 16.3 Å². The van der Waals surface area contributed by atoms with Crippen LogP contribution in [0, 0.1) is 12.8 Å². The first-order valence-corrected chi connectivity index (χ1v) is 12.6. The number of rotatable bonds is 8.